The summed E-state index contributed by atoms with van der Waals surface area (Å²) in [6.45, 7) is 17.6. The fourth-order valence-electron chi connectivity index (χ4n) is 2.87. The van der Waals surface area contributed by atoms with E-state index in [-0.39, 0.29) is 11.8 Å². The van der Waals surface area contributed by atoms with E-state index in [0.717, 1.165) is 12.8 Å². The molecule has 0 aliphatic carbocycles. The predicted octanol–water partition coefficient (Wildman–Crippen LogP) is 5.19. The monoisotopic (exact) mass is 254 g/mol. The lowest BCUT2D eigenvalue weighted by atomic mass is 9.77. The maximum Gasteiger partial charge on any atom is 0.139 e. The Bertz CT molecular complexity index is 218. The minimum atomic E-state index is 0.206. The molecule has 0 amide bonds. The highest BCUT2D eigenvalue weighted by Crippen LogP contribution is 2.28. The summed E-state index contributed by atoms with van der Waals surface area (Å²) in [5.41, 5.74) is 0. The Balaban J connectivity index is 4.44. The number of rotatable bonds is 8. The number of hydrogen-bond acceptors (Lipinski definition) is 1. The standard InChI is InChI=1S/C17H34O/c1-11(2)9-13(5)15(7)17(18)16(8)14(6)10-12(3)4/h11-16H,9-10H2,1-8H3. The molecule has 18 heavy (non-hydrogen) atoms. The zero-order chi connectivity index (χ0) is 14.5. The molecule has 4 unspecified atom stereocenters. The first kappa shape index (κ1) is 17.7. The van der Waals surface area contributed by atoms with Crippen molar-refractivity contribution < 1.29 is 4.79 Å². The van der Waals surface area contributed by atoms with Crippen molar-refractivity contribution in [1.82, 2.24) is 0 Å². The molecule has 0 bridgehead atoms. The molecule has 1 heteroatoms. The molecule has 0 radical (unpaired) electrons. The van der Waals surface area contributed by atoms with Crippen molar-refractivity contribution in [2.45, 2.75) is 68.2 Å². The number of ketones is 1. The van der Waals surface area contributed by atoms with Crippen molar-refractivity contribution in [3.05, 3.63) is 0 Å². The Morgan fingerprint density at radius 2 is 0.944 bits per heavy atom. The molecular weight excluding hydrogens is 220 g/mol. The van der Waals surface area contributed by atoms with Crippen LogP contribution in [0.3, 0.4) is 0 Å². The summed E-state index contributed by atoms with van der Waals surface area (Å²) < 4.78 is 0. The molecule has 1 nitrogen and oxygen atoms in total. The van der Waals surface area contributed by atoms with Gasteiger partial charge in [-0.2, -0.15) is 0 Å². The third-order valence-corrected chi connectivity index (χ3v) is 4.29. The molecular formula is C17H34O. The molecule has 0 aliphatic rings. The predicted molar refractivity (Wildman–Crippen MR) is 80.6 cm³/mol. The van der Waals surface area contributed by atoms with Crippen LogP contribution < -0.4 is 0 Å². The smallest absolute Gasteiger partial charge is 0.139 e. The Hall–Kier alpha value is -0.330. The van der Waals surface area contributed by atoms with Gasteiger partial charge >= 0.3 is 0 Å². The maximum atomic E-state index is 12.5. The summed E-state index contributed by atoms with van der Waals surface area (Å²) >= 11 is 0. The fourth-order valence-corrected chi connectivity index (χ4v) is 2.87. The Kier molecular flexibility index (Phi) is 7.82. The summed E-state index contributed by atoms with van der Waals surface area (Å²) in [7, 11) is 0. The van der Waals surface area contributed by atoms with Crippen LogP contribution in [0.25, 0.3) is 0 Å². The van der Waals surface area contributed by atoms with E-state index in [1.807, 2.05) is 0 Å². The van der Waals surface area contributed by atoms with E-state index in [4.69, 9.17) is 0 Å². The van der Waals surface area contributed by atoms with Gasteiger partial charge < -0.3 is 0 Å². The third-order valence-electron chi connectivity index (χ3n) is 4.29. The lowest BCUT2D eigenvalue weighted by Crippen LogP contribution is -2.29. The van der Waals surface area contributed by atoms with Crippen molar-refractivity contribution in [2.24, 2.45) is 35.5 Å². The highest BCUT2D eigenvalue weighted by molar-refractivity contribution is 5.83. The van der Waals surface area contributed by atoms with Crippen LogP contribution in [0.4, 0.5) is 0 Å². The summed E-state index contributed by atoms with van der Waals surface area (Å²) in [5.74, 6) is 3.25. The SMILES string of the molecule is CC(C)CC(C)C(C)C(=O)C(C)C(C)CC(C)C. The van der Waals surface area contributed by atoms with Gasteiger partial charge in [0.15, 0.2) is 0 Å². The molecule has 0 spiro atoms. The zero-order valence-corrected chi connectivity index (χ0v) is 13.8. The van der Waals surface area contributed by atoms with Crippen LogP contribution in [-0.2, 0) is 4.79 Å². The first-order valence-corrected chi connectivity index (χ1v) is 7.70. The minimum absolute atomic E-state index is 0.206. The first-order valence-electron chi connectivity index (χ1n) is 7.70. The second-order valence-electron chi connectivity index (χ2n) is 7.19. The topological polar surface area (TPSA) is 17.1 Å². The van der Waals surface area contributed by atoms with Gasteiger partial charge in [0.05, 0.1) is 0 Å². The Morgan fingerprint density at radius 1 is 0.667 bits per heavy atom. The fraction of sp³-hybridized carbons (Fsp3) is 0.941. The molecule has 0 heterocycles. The van der Waals surface area contributed by atoms with Gasteiger partial charge in [-0.3, -0.25) is 4.79 Å². The van der Waals surface area contributed by atoms with Gasteiger partial charge in [0.2, 0.25) is 0 Å². The van der Waals surface area contributed by atoms with E-state index in [2.05, 4.69) is 55.4 Å². The van der Waals surface area contributed by atoms with E-state index < -0.39 is 0 Å². The van der Waals surface area contributed by atoms with E-state index in [1.54, 1.807) is 0 Å². The van der Waals surface area contributed by atoms with Crippen molar-refractivity contribution in [3.8, 4) is 0 Å². The Morgan fingerprint density at radius 3 is 1.17 bits per heavy atom. The van der Waals surface area contributed by atoms with Crippen molar-refractivity contribution in [3.63, 3.8) is 0 Å². The molecule has 0 fully saturated rings. The summed E-state index contributed by atoms with van der Waals surface area (Å²) in [6, 6.07) is 0. The van der Waals surface area contributed by atoms with Crippen LogP contribution in [0.2, 0.25) is 0 Å². The van der Waals surface area contributed by atoms with Crippen LogP contribution in [0.15, 0.2) is 0 Å². The average molecular weight is 254 g/mol. The lowest BCUT2D eigenvalue weighted by molar-refractivity contribution is -0.129. The molecule has 0 saturated heterocycles. The molecule has 0 N–H and O–H groups in total. The van der Waals surface area contributed by atoms with Crippen molar-refractivity contribution in [2.75, 3.05) is 0 Å². The normalized spacial score (nSPS) is 18.8. The highest BCUT2D eigenvalue weighted by Gasteiger charge is 2.28. The summed E-state index contributed by atoms with van der Waals surface area (Å²) in [4.78, 5) is 12.5. The molecule has 0 aliphatic heterocycles. The van der Waals surface area contributed by atoms with Gasteiger partial charge in [0.1, 0.15) is 5.78 Å². The third kappa shape index (κ3) is 6.02. The van der Waals surface area contributed by atoms with E-state index in [9.17, 15) is 4.79 Å². The van der Waals surface area contributed by atoms with Crippen LogP contribution in [0.1, 0.15) is 68.2 Å². The second kappa shape index (κ2) is 7.96. The average Bonchev–Trinajstić information content (AvgIpc) is 2.24. The van der Waals surface area contributed by atoms with Gasteiger partial charge in [-0.1, -0.05) is 55.4 Å². The second-order valence-corrected chi connectivity index (χ2v) is 7.19. The van der Waals surface area contributed by atoms with Gasteiger partial charge in [0.25, 0.3) is 0 Å². The largest absolute Gasteiger partial charge is 0.299 e. The van der Waals surface area contributed by atoms with Crippen LogP contribution >= 0.6 is 0 Å². The molecule has 0 aromatic rings. The van der Waals surface area contributed by atoms with Gasteiger partial charge in [-0.25, -0.2) is 0 Å². The molecule has 4 atom stereocenters. The van der Waals surface area contributed by atoms with E-state index in [1.165, 1.54) is 0 Å². The summed E-state index contributed by atoms with van der Waals surface area (Å²) in [6.07, 6.45) is 2.30. The van der Waals surface area contributed by atoms with Crippen LogP contribution in [-0.4, -0.2) is 5.78 Å². The van der Waals surface area contributed by atoms with Crippen molar-refractivity contribution in [1.29, 1.82) is 0 Å². The van der Waals surface area contributed by atoms with Crippen LogP contribution in [0, 0.1) is 35.5 Å². The molecule has 108 valence electrons. The number of carbonyl (C=O) groups excluding carboxylic acids is 1. The lowest BCUT2D eigenvalue weighted by Gasteiger charge is -2.27. The molecule has 0 aromatic heterocycles. The van der Waals surface area contributed by atoms with E-state index >= 15 is 0 Å². The van der Waals surface area contributed by atoms with Gasteiger partial charge in [-0.05, 0) is 36.5 Å². The molecule has 0 aromatic carbocycles. The Labute approximate surface area is 115 Å². The highest BCUT2D eigenvalue weighted by atomic mass is 16.1. The molecule has 0 saturated carbocycles. The molecule has 0 rings (SSSR count). The van der Waals surface area contributed by atoms with Crippen molar-refractivity contribution >= 4 is 5.78 Å². The quantitative estimate of drug-likeness (QED) is 0.582. The van der Waals surface area contributed by atoms with Gasteiger partial charge in [-0.15, -0.1) is 0 Å². The minimum Gasteiger partial charge on any atom is -0.299 e. The number of carbonyl (C=O) groups is 1. The maximum absolute atomic E-state index is 12.5. The van der Waals surface area contributed by atoms with Crippen LogP contribution in [0.5, 0.6) is 0 Å². The zero-order valence-electron chi connectivity index (χ0n) is 13.8. The van der Waals surface area contributed by atoms with E-state index in [0.29, 0.717) is 29.5 Å². The number of hydrogen-bond donors (Lipinski definition) is 0. The van der Waals surface area contributed by atoms with Gasteiger partial charge in [0, 0.05) is 11.8 Å². The summed E-state index contributed by atoms with van der Waals surface area (Å²) in [5, 5.41) is 0. The first-order chi connectivity index (χ1) is 8.16. The number of Topliss-reactive ketones (excluding diaryl/α,β-unsaturated/α-hetero) is 1.